The van der Waals surface area contributed by atoms with Crippen LogP contribution in [0.5, 0.6) is 0 Å². The van der Waals surface area contributed by atoms with Crippen molar-refractivity contribution in [2.24, 2.45) is 11.8 Å². The van der Waals surface area contributed by atoms with Crippen molar-refractivity contribution in [2.75, 3.05) is 26.8 Å². The molecule has 0 aromatic carbocycles. The fourth-order valence-corrected chi connectivity index (χ4v) is 2.24. The SMILES string of the molecule is COCC(C)C(=O)N1CCC(CC(=O)O)CC1. The molecule has 1 atom stereocenters. The van der Waals surface area contributed by atoms with Crippen LogP contribution in [0.2, 0.25) is 0 Å². The Morgan fingerprint density at radius 2 is 2.00 bits per heavy atom. The van der Waals surface area contributed by atoms with Gasteiger partial charge >= 0.3 is 5.97 Å². The molecule has 0 aromatic rings. The zero-order chi connectivity index (χ0) is 12.8. The Bertz CT molecular complexity index is 272. The fourth-order valence-electron chi connectivity index (χ4n) is 2.24. The van der Waals surface area contributed by atoms with E-state index in [0.29, 0.717) is 19.7 Å². The summed E-state index contributed by atoms with van der Waals surface area (Å²) in [5, 5.41) is 8.70. The van der Waals surface area contributed by atoms with Crippen LogP contribution in [0.3, 0.4) is 0 Å². The summed E-state index contributed by atoms with van der Waals surface area (Å²) in [6, 6.07) is 0. The monoisotopic (exact) mass is 243 g/mol. The number of amides is 1. The number of carbonyl (C=O) groups excluding carboxylic acids is 1. The van der Waals surface area contributed by atoms with Gasteiger partial charge in [0, 0.05) is 26.6 Å². The van der Waals surface area contributed by atoms with Crippen LogP contribution in [-0.2, 0) is 14.3 Å². The number of hydrogen-bond acceptors (Lipinski definition) is 3. The number of carbonyl (C=O) groups is 2. The van der Waals surface area contributed by atoms with E-state index >= 15 is 0 Å². The minimum absolute atomic E-state index is 0.112. The smallest absolute Gasteiger partial charge is 0.303 e. The molecule has 1 saturated heterocycles. The van der Waals surface area contributed by atoms with E-state index in [1.165, 1.54) is 0 Å². The molecule has 98 valence electrons. The third-order valence-corrected chi connectivity index (χ3v) is 3.23. The van der Waals surface area contributed by atoms with Crippen molar-refractivity contribution in [2.45, 2.75) is 26.2 Å². The first kappa shape index (κ1) is 14.0. The number of ether oxygens (including phenoxy) is 1. The van der Waals surface area contributed by atoms with E-state index in [0.717, 1.165) is 12.8 Å². The molecular formula is C12H21NO4. The number of hydrogen-bond donors (Lipinski definition) is 1. The van der Waals surface area contributed by atoms with Crippen molar-refractivity contribution >= 4 is 11.9 Å². The topological polar surface area (TPSA) is 66.8 Å². The van der Waals surface area contributed by atoms with Gasteiger partial charge < -0.3 is 14.7 Å². The summed E-state index contributed by atoms with van der Waals surface area (Å²) in [5.74, 6) is -0.534. The first-order valence-corrected chi connectivity index (χ1v) is 6.04. The minimum atomic E-state index is -0.748. The maximum Gasteiger partial charge on any atom is 0.303 e. The summed E-state index contributed by atoms with van der Waals surface area (Å²) in [6.45, 7) is 3.64. The molecule has 1 aliphatic heterocycles. The zero-order valence-electron chi connectivity index (χ0n) is 10.5. The molecule has 0 spiro atoms. The molecule has 1 heterocycles. The molecule has 5 heteroatoms. The van der Waals surface area contributed by atoms with Gasteiger partial charge in [0.1, 0.15) is 0 Å². The number of carboxylic acid groups (broad SMARTS) is 1. The molecule has 0 bridgehead atoms. The Labute approximate surface area is 102 Å². The highest BCUT2D eigenvalue weighted by molar-refractivity contribution is 5.78. The van der Waals surface area contributed by atoms with E-state index in [2.05, 4.69) is 0 Å². The van der Waals surface area contributed by atoms with Gasteiger partial charge in [-0.2, -0.15) is 0 Å². The van der Waals surface area contributed by atoms with Crippen molar-refractivity contribution in [3.05, 3.63) is 0 Å². The Balaban J connectivity index is 2.35. The maximum atomic E-state index is 11.9. The van der Waals surface area contributed by atoms with Gasteiger partial charge in [-0.3, -0.25) is 9.59 Å². The normalized spacial score (nSPS) is 19.1. The van der Waals surface area contributed by atoms with Crippen molar-refractivity contribution in [1.82, 2.24) is 4.90 Å². The first-order valence-electron chi connectivity index (χ1n) is 6.04. The summed E-state index contributed by atoms with van der Waals surface area (Å²) in [5.41, 5.74) is 0. The Morgan fingerprint density at radius 1 is 1.41 bits per heavy atom. The van der Waals surface area contributed by atoms with E-state index < -0.39 is 5.97 Å². The summed E-state index contributed by atoms with van der Waals surface area (Å²) in [7, 11) is 1.59. The van der Waals surface area contributed by atoms with Gasteiger partial charge in [0.2, 0.25) is 5.91 Å². The average molecular weight is 243 g/mol. The van der Waals surface area contributed by atoms with Crippen molar-refractivity contribution < 1.29 is 19.4 Å². The van der Waals surface area contributed by atoms with Crippen LogP contribution in [0, 0.1) is 11.8 Å². The highest BCUT2D eigenvalue weighted by Crippen LogP contribution is 2.21. The molecule has 0 aromatic heterocycles. The van der Waals surface area contributed by atoms with Gasteiger partial charge in [0.15, 0.2) is 0 Å². The highest BCUT2D eigenvalue weighted by atomic mass is 16.5. The summed E-state index contributed by atoms with van der Waals surface area (Å²) < 4.78 is 4.96. The van der Waals surface area contributed by atoms with Gasteiger partial charge in [0.05, 0.1) is 12.5 Å². The highest BCUT2D eigenvalue weighted by Gasteiger charge is 2.26. The van der Waals surface area contributed by atoms with Crippen LogP contribution in [0.1, 0.15) is 26.2 Å². The summed E-state index contributed by atoms with van der Waals surface area (Å²) in [4.78, 5) is 24.3. The average Bonchev–Trinajstić information content (AvgIpc) is 2.28. The Morgan fingerprint density at radius 3 is 2.47 bits per heavy atom. The van der Waals surface area contributed by atoms with Gasteiger partial charge in [0.25, 0.3) is 0 Å². The second-order valence-electron chi connectivity index (χ2n) is 4.72. The van der Waals surface area contributed by atoms with Gasteiger partial charge in [-0.1, -0.05) is 6.92 Å². The predicted molar refractivity (Wildman–Crippen MR) is 62.6 cm³/mol. The van der Waals surface area contributed by atoms with Crippen LogP contribution >= 0.6 is 0 Å². The van der Waals surface area contributed by atoms with E-state index in [9.17, 15) is 9.59 Å². The molecule has 1 amide bonds. The molecule has 1 fully saturated rings. The van der Waals surface area contributed by atoms with Crippen LogP contribution in [0.4, 0.5) is 0 Å². The number of methoxy groups -OCH3 is 1. The molecule has 0 aliphatic carbocycles. The number of piperidine rings is 1. The third-order valence-electron chi connectivity index (χ3n) is 3.23. The lowest BCUT2D eigenvalue weighted by Gasteiger charge is -2.33. The number of rotatable bonds is 5. The molecular weight excluding hydrogens is 222 g/mol. The van der Waals surface area contributed by atoms with E-state index in [1.807, 2.05) is 11.8 Å². The van der Waals surface area contributed by atoms with Crippen molar-refractivity contribution in [1.29, 1.82) is 0 Å². The van der Waals surface area contributed by atoms with Gasteiger partial charge in [-0.05, 0) is 18.8 Å². The number of likely N-dealkylation sites (tertiary alicyclic amines) is 1. The van der Waals surface area contributed by atoms with Crippen LogP contribution in [0.25, 0.3) is 0 Å². The van der Waals surface area contributed by atoms with Crippen molar-refractivity contribution in [3.8, 4) is 0 Å². The van der Waals surface area contributed by atoms with Gasteiger partial charge in [-0.15, -0.1) is 0 Å². The molecule has 17 heavy (non-hydrogen) atoms. The number of carboxylic acids is 1. The molecule has 1 N–H and O–H groups in total. The lowest BCUT2D eigenvalue weighted by Crippen LogP contribution is -2.42. The first-order chi connectivity index (χ1) is 8.04. The molecule has 1 unspecified atom stereocenters. The standard InChI is InChI=1S/C12H21NO4/c1-9(8-17-2)12(16)13-5-3-10(4-6-13)7-11(14)15/h9-10H,3-8H2,1-2H3,(H,14,15). The quantitative estimate of drug-likeness (QED) is 0.781. The molecule has 1 aliphatic rings. The van der Waals surface area contributed by atoms with Gasteiger partial charge in [-0.25, -0.2) is 0 Å². The van der Waals surface area contributed by atoms with E-state index in [1.54, 1.807) is 7.11 Å². The lowest BCUT2D eigenvalue weighted by molar-refractivity contribution is -0.139. The fraction of sp³-hybridized carbons (Fsp3) is 0.833. The van der Waals surface area contributed by atoms with Crippen molar-refractivity contribution in [3.63, 3.8) is 0 Å². The number of aliphatic carboxylic acids is 1. The predicted octanol–water partition coefficient (Wildman–Crippen LogP) is 0.982. The summed E-state index contributed by atoms with van der Waals surface area (Å²) >= 11 is 0. The van der Waals surface area contributed by atoms with Crippen LogP contribution < -0.4 is 0 Å². The maximum absolute atomic E-state index is 11.9. The van der Waals surface area contributed by atoms with E-state index in [4.69, 9.17) is 9.84 Å². The molecule has 5 nitrogen and oxygen atoms in total. The Kier molecular flexibility index (Phi) is 5.41. The number of nitrogens with zero attached hydrogens (tertiary/aromatic N) is 1. The Hall–Kier alpha value is -1.10. The lowest BCUT2D eigenvalue weighted by atomic mass is 9.93. The zero-order valence-corrected chi connectivity index (χ0v) is 10.5. The second kappa shape index (κ2) is 6.59. The third kappa shape index (κ3) is 4.34. The molecule has 0 saturated carbocycles. The van der Waals surface area contributed by atoms with Crippen LogP contribution in [0.15, 0.2) is 0 Å². The molecule has 0 radical (unpaired) electrons. The van der Waals surface area contributed by atoms with Crippen LogP contribution in [-0.4, -0.2) is 48.7 Å². The largest absolute Gasteiger partial charge is 0.481 e. The second-order valence-corrected chi connectivity index (χ2v) is 4.72. The minimum Gasteiger partial charge on any atom is -0.481 e. The summed E-state index contributed by atoms with van der Waals surface area (Å²) in [6.07, 6.45) is 1.80. The molecule has 1 rings (SSSR count). The van der Waals surface area contributed by atoms with E-state index in [-0.39, 0.29) is 24.2 Å².